The van der Waals surface area contributed by atoms with Crippen molar-refractivity contribution in [3.05, 3.63) is 146 Å². The van der Waals surface area contributed by atoms with Gasteiger partial charge in [-0.1, -0.05) is 103 Å². The lowest BCUT2D eigenvalue weighted by atomic mass is 10.0. The molecule has 3 aromatic heterocycles. The van der Waals surface area contributed by atoms with Crippen LogP contribution in [0.5, 0.6) is 0 Å². The van der Waals surface area contributed by atoms with Gasteiger partial charge in [0.05, 0.1) is 22.2 Å². The van der Waals surface area contributed by atoms with E-state index in [1.54, 1.807) is 0 Å². The number of fused-ring (bicyclic) bond motifs is 8. The lowest BCUT2D eigenvalue weighted by Gasteiger charge is -2.10. The first-order valence-corrected chi connectivity index (χ1v) is 14.0. The molecule has 0 aliphatic heterocycles. The second-order valence-electron chi connectivity index (χ2n) is 10.6. The highest BCUT2D eigenvalue weighted by molar-refractivity contribution is 6.20. The molecular formula is C38H24N2O. The molecule has 0 radical (unpaired) electrons. The van der Waals surface area contributed by atoms with Crippen molar-refractivity contribution in [2.45, 2.75) is 0 Å². The summed E-state index contributed by atoms with van der Waals surface area (Å²) < 4.78 is 11.5. The highest BCUT2D eigenvalue weighted by atomic mass is 16.3. The molecule has 9 rings (SSSR count). The molecule has 3 heteroatoms. The highest BCUT2D eigenvalue weighted by Gasteiger charge is 2.21. The van der Waals surface area contributed by atoms with Crippen LogP contribution in [0.2, 0.25) is 0 Å². The molecular weight excluding hydrogens is 500 g/mol. The summed E-state index contributed by atoms with van der Waals surface area (Å²) >= 11 is 0. The van der Waals surface area contributed by atoms with Crippen LogP contribution in [0.25, 0.3) is 77.1 Å². The minimum atomic E-state index is 0.896. The normalized spacial score (nSPS) is 11.9. The molecule has 0 amide bonds. The van der Waals surface area contributed by atoms with Gasteiger partial charge >= 0.3 is 0 Å². The van der Waals surface area contributed by atoms with E-state index in [1.807, 2.05) is 0 Å². The molecule has 0 saturated heterocycles. The van der Waals surface area contributed by atoms with Crippen LogP contribution in [0.3, 0.4) is 0 Å². The third-order valence-corrected chi connectivity index (χ3v) is 8.37. The Morgan fingerprint density at radius 3 is 2.00 bits per heavy atom. The number of furan rings is 1. The number of aromatic nitrogens is 2. The smallest absolute Gasteiger partial charge is 0.159 e. The Hall–Kier alpha value is -5.54. The van der Waals surface area contributed by atoms with Crippen LogP contribution in [-0.4, -0.2) is 9.13 Å². The standard InChI is InChI=1S/C38H24N2O/c1-3-11-25(12-4-1)27-16-9-17-30-31-18-10-20-35(38(31)41-37(27)30)40-34-19-8-7-15-28(34)29-21-22-33-32(36(29)40)23-24-39(33)26-13-5-2-6-14-26/h1-24H. The van der Waals surface area contributed by atoms with E-state index in [2.05, 4.69) is 155 Å². The predicted octanol–water partition coefficient (Wildman–Crippen LogP) is 10.3. The summed E-state index contributed by atoms with van der Waals surface area (Å²) in [5.74, 6) is 0. The zero-order valence-electron chi connectivity index (χ0n) is 22.2. The topological polar surface area (TPSA) is 23.0 Å². The minimum absolute atomic E-state index is 0.896. The van der Waals surface area contributed by atoms with Gasteiger partial charge in [0.25, 0.3) is 0 Å². The van der Waals surface area contributed by atoms with Crippen LogP contribution >= 0.6 is 0 Å². The van der Waals surface area contributed by atoms with E-state index in [0.29, 0.717) is 0 Å². The van der Waals surface area contributed by atoms with E-state index in [-0.39, 0.29) is 0 Å². The van der Waals surface area contributed by atoms with Gasteiger partial charge in [0.2, 0.25) is 0 Å². The second-order valence-corrected chi connectivity index (χ2v) is 10.6. The van der Waals surface area contributed by atoms with Gasteiger partial charge in [-0.15, -0.1) is 0 Å². The summed E-state index contributed by atoms with van der Waals surface area (Å²) in [6, 6.07) is 49.4. The summed E-state index contributed by atoms with van der Waals surface area (Å²) in [5, 5.41) is 5.92. The molecule has 41 heavy (non-hydrogen) atoms. The van der Waals surface area contributed by atoms with E-state index in [1.165, 1.54) is 32.7 Å². The highest BCUT2D eigenvalue weighted by Crippen LogP contribution is 2.42. The van der Waals surface area contributed by atoms with Crippen molar-refractivity contribution in [2.24, 2.45) is 0 Å². The quantitative estimate of drug-likeness (QED) is 0.225. The number of benzene rings is 6. The van der Waals surface area contributed by atoms with Crippen molar-refractivity contribution in [1.29, 1.82) is 0 Å². The Morgan fingerprint density at radius 1 is 0.439 bits per heavy atom. The van der Waals surface area contributed by atoms with Crippen molar-refractivity contribution in [3.8, 4) is 22.5 Å². The fourth-order valence-electron chi connectivity index (χ4n) is 6.57. The summed E-state index contributed by atoms with van der Waals surface area (Å²) in [6.45, 7) is 0. The Balaban J connectivity index is 1.40. The summed E-state index contributed by atoms with van der Waals surface area (Å²) in [6.07, 6.45) is 2.18. The van der Waals surface area contributed by atoms with Gasteiger partial charge in [-0.05, 0) is 42.0 Å². The van der Waals surface area contributed by atoms with Crippen molar-refractivity contribution in [1.82, 2.24) is 9.13 Å². The number of nitrogens with zero attached hydrogens (tertiary/aromatic N) is 2. The zero-order valence-corrected chi connectivity index (χ0v) is 22.2. The van der Waals surface area contributed by atoms with Gasteiger partial charge < -0.3 is 13.6 Å². The molecule has 9 aromatic rings. The van der Waals surface area contributed by atoms with Crippen LogP contribution < -0.4 is 0 Å². The lowest BCUT2D eigenvalue weighted by molar-refractivity contribution is 0.667. The molecule has 0 fully saturated rings. The molecule has 3 heterocycles. The van der Waals surface area contributed by atoms with Crippen LogP contribution in [0.4, 0.5) is 0 Å². The van der Waals surface area contributed by atoms with Crippen LogP contribution in [0, 0.1) is 0 Å². The van der Waals surface area contributed by atoms with Gasteiger partial charge in [-0.25, -0.2) is 0 Å². The molecule has 0 aliphatic carbocycles. The van der Waals surface area contributed by atoms with E-state index < -0.39 is 0 Å². The Bertz CT molecular complexity index is 2410. The molecule has 0 bridgehead atoms. The fraction of sp³-hybridized carbons (Fsp3) is 0. The largest absolute Gasteiger partial charge is 0.453 e. The first-order chi connectivity index (χ1) is 20.4. The van der Waals surface area contributed by atoms with Gasteiger partial charge in [0.1, 0.15) is 5.58 Å². The minimum Gasteiger partial charge on any atom is -0.453 e. The molecule has 0 unspecified atom stereocenters. The number of para-hydroxylation sites is 4. The molecule has 0 N–H and O–H groups in total. The molecule has 0 saturated carbocycles. The van der Waals surface area contributed by atoms with Gasteiger partial charge in [-0.2, -0.15) is 0 Å². The Kier molecular flexibility index (Phi) is 4.61. The zero-order chi connectivity index (χ0) is 26.9. The van der Waals surface area contributed by atoms with Gasteiger partial charge in [0, 0.05) is 44.4 Å². The number of hydrogen-bond acceptors (Lipinski definition) is 1. The maximum Gasteiger partial charge on any atom is 0.159 e. The second kappa shape index (κ2) is 8.48. The molecule has 6 aromatic carbocycles. The van der Waals surface area contributed by atoms with Crippen LogP contribution in [0.15, 0.2) is 150 Å². The molecule has 192 valence electrons. The maximum atomic E-state index is 6.85. The molecule has 3 nitrogen and oxygen atoms in total. The van der Waals surface area contributed by atoms with Crippen LogP contribution in [0.1, 0.15) is 0 Å². The number of rotatable bonds is 3. The van der Waals surface area contributed by atoms with Crippen molar-refractivity contribution >= 4 is 54.6 Å². The lowest BCUT2D eigenvalue weighted by Crippen LogP contribution is -1.95. The SMILES string of the molecule is c1ccc(-c2cccc3c2oc2c(-n4c5ccccc5c5ccc6c(ccn6-c6ccccc6)c54)cccc23)cc1. The average molecular weight is 525 g/mol. The summed E-state index contributed by atoms with van der Waals surface area (Å²) in [5.41, 5.74) is 9.80. The molecule has 0 atom stereocenters. The monoisotopic (exact) mass is 524 g/mol. The predicted molar refractivity (Wildman–Crippen MR) is 170 cm³/mol. The first kappa shape index (κ1) is 22.3. The third kappa shape index (κ3) is 3.14. The summed E-state index contributed by atoms with van der Waals surface area (Å²) in [7, 11) is 0. The van der Waals surface area contributed by atoms with E-state index in [4.69, 9.17) is 4.42 Å². The van der Waals surface area contributed by atoms with Crippen molar-refractivity contribution < 1.29 is 4.42 Å². The van der Waals surface area contributed by atoms with Crippen molar-refractivity contribution in [2.75, 3.05) is 0 Å². The van der Waals surface area contributed by atoms with E-state index in [0.717, 1.165) is 44.4 Å². The third-order valence-electron chi connectivity index (χ3n) is 8.37. The Labute approximate surface area is 236 Å². The summed E-state index contributed by atoms with van der Waals surface area (Å²) in [4.78, 5) is 0. The first-order valence-electron chi connectivity index (χ1n) is 14.0. The Morgan fingerprint density at radius 2 is 1.15 bits per heavy atom. The average Bonchev–Trinajstić information content (AvgIpc) is 3.73. The van der Waals surface area contributed by atoms with E-state index >= 15 is 0 Å². The van der Waals surface area contributed by atoms with Gasteiger partial charge in [0.15, 0.2) is 5.58 Å². The van der Waals surface area contributed by atoms with Crippen molar-refractivity contribution in [3.63, 3.8) is 0 Å². The van der Waals surface area contributed by atoms with Crippen LogP contribution in [-0.2, 0) is 0 Å². The van der Waals surface area contributed by atoms with Gasteiger partial charge in [-0.3, -0.25) is 0 Å². The van der Waals surface area contributed by atoms with E-state index in [9.17, 15) is 0 Å². The maximum absolute atomic E-state index is 6.85. The molecule has 0 aliphatic rings. The fourth-order valence-corrected chi connectivity index (χ4v) is 6.57. The number of hydrogen-bond donors (Lipinski definition) is 0. The molecule has 0 spiro atoms.